The number of carboxylic acid groups (broad SMARTS) is 1. The predicted molar refractivity (Wildman–Crippen MR) is 45.6 cm³/mol. The largest absolute Gasteiger partial charge is 0.476 e. The number of hydrogen-bond acceptors (Lipinski definition) is 3. The van der Waals surface area contributed by atoms with Crippen molar-refractivity contribution in [2.24, 2.45) is 0 Å². The normalized spacial score (nSPS) is 11.9. The SMILES string of the molecule is Nc1nc(C(=O)O)c(C(F)F)cc1C(F)(F)F. The maximum absolute atomic E-state index is 12.4. The van der Waals surface area contributed by atoms with Crippen LogP contribution in [-0.2, 0) is 6.18 Å². The van der Waals surface area contributed by atoms with Gasteiger partial charge in [-0.3, -0.25) is 0 Å². The Labute approximate surface area is 90.9 Å². The highest BCUT2D eigenvalue weighted by atomic mass is 19.4. The highest BCUT2D eigenvalue weighted by Gasteiger charge is 2.36. The molecular formula is C8H5F5N2O2. The van der Waals surface area contributed by atoms with Gasteiger partial charge in [0.15, 0.2) is 5.69 Å². The second-order valence-electron chi connectivity index (χ2n) is 2.96. The topological polar surface area (TPSA) is 76.2 Å². The van der Waals surface area contributed by atoms with E-state index in [9.17, 15) is 26.7 Å². The number of nitrogens with two attached hydrogens (primary N) is 1. The van der Waals surface area contributed by atoms with E-state index in [4.69, 9.17) is 10.8 Å². The standard InChI is InChI=1S/C8H5F5N2O2/c9-5(10)2-1-3(8(11,12)13)6(14)15-4(2)7(16)17/h1,5H,(H2,14,15)(H,16,17). The molecule has 1 heterocycles. The first kappa shape index (κ1) is 13.1. The smallest absolute Gasteiger partial charge is 0.419 e. The van der Waals surface area contributed by atoms with Crippen LogP contribution in [-0.4, -0.2) is 16.1 Å². The molecule has 0 aromatic carbocycles. The lowest BCUT2D eigenvalue weighted by atomic mass is 10.1. The van der Waals surface area contributed by atoms with Crippen molar-refractivity contribution < 1.29 is 31.9 Å². The lowest BCUT2D eigenvalue weighted by Gasteiger charge is -2.12. The summed E-state index contributed by atoms with van der Waals surface area (Å²) in [4.78, 5) is 13.3. The Kier molecular flexibility index (Phi) is 3.21. The Morgan fingerprint density at radius 1 is 1.41 bits per heavy atom. The Hall–Kier alpha value is -1.93. The van der Waals surface area contributed by atoms with Crippen molar-refractivity contribution in [1.29, 1.82) is 0 Å². The molecule has 1 aromatic rings. The minimum atomic E-state index is -4.97. The van der Waals surface area contributed by atoms with Gasteiger partial charge in [0.1, 0.15) is 5.82 Å². The van der Waals surface area contributed by atoms with E-state index >= 15 is 0 Å². The molecular weight excluding hydrogens is 251 g/mol. The number of aromatic carboxylic acids is 1. The number of halogens is 5. The average Bonchev–Trinajstić information content (AvgIpc) is 2.14. The van der Waals surface area contributed by atoms with Crippen molar-refractivity contribution in [2.75, 3.05) is 5.73 Å². The van der Waals surface area contributed by atoms with E-state index in [1.165, 1.54) is 0 Å². The monoisotopic (exact) mass is 256 g/mol. The van der Waals surface area contributed by atoms with Gasteiger partial charge in [-0.2, -0.15) is 13.2 Å². The van der Waals surface area contributed by atoms with E-state index in [-0.39, 0.29) is 6.07 Å². The van der Waals surface area contributed by atoms with Gasteiger partial charge in [-0.15, -0.1) is 0 Å². The van der Waals surface area contributed by atoms with Crippen molar-refractivity contribution in [3.8, 4) is 0 Å². The van der Waals surface area contributed by atoms with Gasteiger partial charge in [-0.25, -0.2) is 18.6 Å². The van der Waals surface area contributed by atoms with Crippen LogP contribution in [0.25, 0.3) is 0 Å². The fourth-order valence-electron chi connectivity index (χ4n) is 1.11. The minimum absolute atomic E-state index is 0.00352. The number of alkyl halides is 5. The molecule has 0 saturated carbocycles. The van der Waals surface area contributed by atoms with Crippen LogP contribution in [0.15, 0.2) is 6.07 Å². The van der Waals surface area contributed by atoms with Crippen LogP contribution in [0.2, 0.25) is 0 Å². The molecule has 1 aromatic heterocycles. The molecule has 0 spiro atoms. The molecule has 17 heavy (non-hydrogen) atoms. The summed E-state index contributed by atoms with van der Waals surface area (Å²) in [5, 5.41) is 8.50. The third-order valence-electron chi connectivity index (χ3n) is 1.82. The summed E-state index contributed by atoms with van der Waals surface area (Å²) in [5.41, 5.74) is 0.780. The van der Waals surface area contributed by atoms with Crippen molar-refractivity contribution in [3.05, 3.63) is 22.9 Å². The fraction of sp³-hybridized carbons (Fsp3) is 0.250. The molecule has 0 aliphatic carbocycles. The van der Waals surface area contributed by atoms with Crippen LogP contribution >= 0.6 is 0 Å². The van der Waals surface area contributed by atoms with Crippen LogP contribution in [0.1, 0.15) is 28.0 Å². The number of carboxylic acids is 1. The summed E-state index contributed by atoms with van der Waals surface area (Å²) < 4.78 is 61.7. The number of nitrogen functional groups attached to an aromatic ring is 1. The number of nitrogens with zero attached hydrogens (tertiary/aromatic N) is 1. The van der Waals surface area contributed by atoms with Crippen LogP contribution in [0.4, 0.5) is 27.8 Å². The van der Waals surface area contributed by atoms with Crippen molar-refractivity contribution in [3.63, 3.8) is 0 Å². The highest BCUT2D eigenvalue weighted by Crippen LogP contribution is 2.36. The number of rotatable bonds is 2. The molecule has 0 atom stereocenters. The summed E-state index contributed by atoms with van der Waals surface area (Å²) in [6.45, 7) is 0. The molecule has 3 N–H and O–H groups in total. The first-order chi connectivity index (χ1) is 7.64. The quantitative estimate of drug-likeness (QED) is 0.796. The van der Waals surface area contributed by atoms with E-state index in [2.05, 4.69) is 4.98 Å². The number of aromatic nitrogens is 1. The van der Waals surface area contributed by atoms with E-state index < -0.39 is 41.2 Å². The summed E-state index contributed by atoms with van der Waals surface area (Å²) in [6.07, 6.45) is -8.37. The lowest BCUT2D eigenvalue weighted by Crippen LogP contribution is -2.16. The molecule has 0 amide bonds. The second kappa shape index (κ2) is 4.15. The van der Waals surface area contributed by atoms with Crippen LogP contribution in [0.3, 0.4) is 0 Å². The molecule has 0 aliphatic heterocycles. The first-order valence-corrected chi connectivity index (χ1v) is 4.03. The molecule has 0 aliphatic rings. The first-order valence-electron chi connectivity index (χ1n) is 4.03. The van der Waals surface area contributed by atoms with E-state index in [1.54, 1.807) is 0 Å². The van der Waals surface area contributed by atoms with Gasteiger partial charge in [-0.05, 0) is 6.07 Å². The Morgan fingerprint density at radius 3 is 2.29 bits per heavy atom. The van der Waals surface area contributed by atoms with E-state index in [0.717, 1.165) is 0 Å². The van der Waals surface area contributed by atoms with Crippen molar-refractivity contribution in [1.82, 2.24) is 4.98 Å². The molecule has 0 bridgehead atoms. The third-order valence-corrected chi connectivity index (χ3v) is 1.82. The van der Waals surface area contributed by atoms with Gasteiger partial charge in [0, 0.05) is 0 Å². The molecule has 0 saturated heterocycles. The van der Waals surface area contributed by atoms with Crippen molar-refractivity contribution >= 4 is 11.8 Å². The fourth-order valence-corrected chi connectivity index (χ4v) is 1.11. The highest BCUT2D eigenvalue weighted by molar-refractivity contribution is 5.88. The molecule has 0 fully saturated rings. The zero-order valence-corrected chi connectivity index (χ0v) is 7.92. The van der Waals surface area contributed by atoms with E-state index in [1.807, 2.05) is 0 Å². The van der Waals surface area contributed by atoms with Gasteiger partial charge in [0.2, 0.25) is 0 Å². The van der Waals surface area contributed by atoms with Crippen LogP contribution in [0, 0.1) is 0 Å². The number of pyridine rings is 1. The average molecular weight is 256 g/mol. The summed E-state index contributed by atoms with van der Waals surface area (Å²) in [7, 11) is 0. The second-order valence-corrected chi connectivity index (χ2v) is 2.96. The summed E-state index contributed by atoms with van der Waals surface area (Å²) in [6, 6.07) is -0.00352. The Balaban J connectivity index is 3.51. The molecule has 4 nitrogen and oxygen atoms in total. The summed E-state index contributed by atoms with van der Waals surface area (Å²) in [5.74, 6) is -3.03. The molecule has 0 radical (unpaired) electrons. The van der Waals surface area contributed by atoms with Gasteiger partial charge in [0.25, 0.3) is 6.43 Å². The zero-order chi connectivity index (χ0) is 13.4. The number of carbonyl (C=O) groups is 1. The molecule has 94 valence electrons. The van der Waals surface area contributed by atoms with Crippen molar-refractivity contribution in [2.45, 2.75) is 12.6 Å². The van der Waals surface area contributed by atoms with E-state index in [0.29, 0.717) is 0 Å². The molecule has 9 heteroatoms. The lowest BCUT2D eigenvalue weighted by molar-refractivity contribution is -0.137. The summed E-state index contributed by atoms with van der Waals surface area (Å²) >= 11 is 0. The van der Waals surface area contributed by atoms with Gasteiger partial charge in [0.05, 0.1) is 11.1 Å². The van der Waals surface area contributed by atoms with Crippen LogP contribution in [0.5, 0.6) is 0 Å². The van der Waals surface area contributed by atoms with Gasteiger partial charge < -0.3 is 10.8 Å². The third kappa shape index (κ3) is 2.60. The maximum atomic E-state index is 12.4. The van der Waals surface area contributed by atoms with Crippen LogP contribution < -0.4 is 5.73 Å². The molecule has 0 unspecified atom stereocenters. The van der Waals surface area contributed by atoms with Gasteiger partial charge in [-0.1, -0.05) is 0 Å². The number of anilines is 1. The Bertz CT molecular complexity index is 458. The zero-order valence-electron chi connectivity index (χ0n) is 7.92. The number of hydrogen-bond donors (Lipinski definition) is 2. The minimum Gasteiger partial charge on any atom is -0.476 e. The predicted octanol–water partition coefficient (Wildman–Crippen LogP) is 2.32. The van der Waals surface area contributed by atoms with Gasteiger partial charge >= 0.3 is 12.1 Å². The Morgan fingerprint density at radius 2 is 1.94 bits per heavy atom. The molecule has 1 rings (SSSR count). The maximum Gasteiger partial charge on any atom is 0.419 e.